The van der Waals surface area contributed by atoms with E-state index in [0.717, 1.165) is 0 Å². The topological polar surface area (TPSA) is 89.3 Å². The van der Waals surface area contributed by atoms with E-state index in [2.05, 4.69) is 5.32 Å². The van der Waals surface area contributed by atoms with Crippen LogP contribution in [0.4, 0.5) is 0 Å². The number of rotatable bonds is 3. The van der Waals surface area contributed by atoms with Gasteiger partial charge in [0, 0.05) is 6.04 Å². The summed E-state index contributed by atoms with van der Waals surface area (Å²) in [5.74, 6) is -0.428. The Kier molecular flexibility index (Phi) is 4.84. The largest absolute Gasteiger partial charge is 0.349 e. The van der Waals surface area contributed by atoms with Crippen molar-refractivity contribution in [3.8, 4) is 0 Å². The lowest BCUT2D eigenvalue weighted by molar-refractivity contribution is 0.0910. The lowest BCUT2D eigenvalue weighted by Crippen LogP contribution is -2.41. The van der Waals surface area contributed by atoms with Crippen molar-refractivity contribution >= 4 is 27.5 Å². The molecule has 0 aliphatic heterocycles. The third kappa shape index (κ3) is 4.19. The molecule has 1 aromatic carbocycles. The van der Waals surface area contributed by atoms with Crippen LogP contribution in [0.2, 0.25) is 5.02 Å². The second-order valence-corrected chi connectivity index (χ2v) is 7.72. The minimum absolute atomic E-state index is 0.0919. The smallest absolute Gasteiger partial charge is 0.253 e. The number of carbonyl (C=O) groups is 1. The van der Waals surface area contributed by atoms with Gasteiger partial charge >= 0.3 is 0 Å². The van der Waals surface area contributed by atoms with Crippen LogP contribution in [0.1, 0.15) is 38.1 Å². The van der Waals surface area contributed by atoms with Crippen LogP contribution in [0.5, 0.6) is 0 Å². The second-order valence-electron chi connectivity index (χ2n) is 5.75. The molecular weight excluding hydrogens is 300 g/mol. The average Bonchev–Trinajstić information content (AvgIpc) is 2.26. The van der Waals surface area contributed by atoms with Crippen molar-refractivity contribution in [2.45, 2.75) is 38.6 Å². The molecular formula is C13H19ClN2O3S. The summed E-state index contributed by atoms with van der Waals surface area (Å²) in [6, 6.07) is 3.69. The molecule has 3 N–H and O–H groups in total. The Labute approximate surface area is 124 Å². The van der Waals surface area contributed by atoms with Crippen molar-refractivity contribution in [2.24, 2.45) is 10.6 Å². The number of hydrogen-bond donors (Lipinski definition) is 2. The van der Waals surface area contributed by atoms with Crippen LogP contribution in [0.25, 0.3) is 0 Å². The van der Waals surface area contributed by atoms with Gasteiger partial charge in [-0.05, 0) is 30.5 Å². The van der Waals surface area contributed by atoms with E-state index in [4.69, 9.17) is 16.7 Å². The molecule has 1 unspecified atom stereocenters. The van der Waals surface area contributed by atoms with Gasteiger partial charge in [-0.25, -0.2) is 13.6 Å². The third-order valence-electron chi connectivity index (χ3n) is 3.16. The maximum atomic E-state index is 12.2. The molecule has 0 aliphatic carbocycles. The van der Waals surface area contributed by atoms with E-state index in [1.807, 2.05) is 27.7 Å². The van der Waals surface area contributed by atoms with E-state index in [1.165, 1.54) is 18.2 Å². The van der Waals surface area contributed by atoms with Crippen molar-refractivity contribution < 1.29 is 13.2 Å². The van der Waals surface area contributed by atoms with Crippen molar-refractivity contribution in [1.29, 1.82) is 0 Å². The summed E-state index contributed by atoms with van der Waals surface area (Å²) in [5, 5.41) is 8.02. The van der Waals surface area contributed by atoms with Gasteiger partial charge in [-0.15, -0.1) is 0 Å². The predicted octanol–water partition coefficient (Wildman–Crippen LogP) is 2.15. The molecule has 5 nitrogen and oxygen atoms in total. The average molecular weight is 319 g/mol. The zero-order valence-electron chi connectivity index (χ0n) is 11.9. The summed E-state index contributed by atoms with van der Waals surface area (Å²) in [7, 11) is -3.87. The highest BCUT2D eigenvalue weighted by Gasteiger charge is 2.23. The van der Waals surface area contributed by atoms with Crippen molar-refractivity contribution in [2.75, 3.05) is 0 Å². The molecule has 20 heavy (non-hydrogen) atoms. The van der Waals surface area contributed by atoms with Gasteiger partial charge in [0.2, 0.25) is 10.0 Å². The standard InChI is InChI=1S/C13H19ClN2O3S/c1-8(13(2,3)4)16-12(17)10-7-9(20(15,18)19)5-6-11(10)14/h5-8H,1-4H3,(H,16,17)(H2,15,18,19). The summed E-state index contributed by atoms with van der Waals surface area (Å²) < 4.78 is 22.6. The minimum Gasteiger partial charge on any atom is -0.349 e. The molecule has 0 spiro atoms. The molecule has 1 rings (SSSR count). The molecule has 1 aromatic rings. The highest BCUT2D eigenvalue weighted by Crippen LogP contribution is 2.22. The Hall–Kier alpha value is -1.11. The maximum Gasteiger partial charge on any atom is 0.253 e. The van der Waals surface area contributed by atoms with E-state index >= 15 is 0 Å². The summed E-state index contributed by atoms with van der Waals surface area (Å²) in [6.45, 7) is 7.83. The van der Waals surface area contributed by atoms with Crippen LogP contribution < -0.4 is 10.5 Å². The molecule has 0 saturated carbocycles. The molecule has 7 heteroatoms. The predicted molar refractivity (Wildman–Crippen MR) is 79.2 cm³/mol. The number of primary sulfonamides is 1. The van der Waals surface area contributed by atoms with Crippen molar-refractivity contribution in [3.63, 3.8) is 0 Å². The van der Waals surface area contributed by atoms with Crippen LogP contribution in [-0.4, -0.2) is 20.4 Å². The lowest BCUT2D eigenvalue weighted by atomic mass is 9.88. The van der Waals surface area contributed by atoms with E-state index < -0.39 is 15.9 Å². The van der Waals surface area contributed by atoms with Gasteiger partial charge in [0.1, 0.15) is 0 Å². The lowest BCUT2D eigenvalue weighted by Gasteiger charge is -2.28. The molecule has 1 atom stereocenters. The Bertz CT molecular complexity index is 621. The van der Waals surface area contributed by atoms with Gasteiger partial charge < -0.3 is 5.32 Å². The first kappa shape index (κ1) is 16.9. The van der Waals surface area contributed by atoms with Crippen molar-refractivity contribution in [3.05, 3.63) is 28.8 Å². The Morgan fingerprint density at radius 1 is 1.35 bits per heavy atom. The molecule has 0 saturated heterocycles. The molecule has 1 amide bonds. The first-order chi connectivity index (χ1) is 8.93. The number of amides is 1. The van der Waals surface area contributed by atoms with Gasteiger partial charge in [-0.1, -0.05) is 32.4 Å². The van der Waals surface area contributed by atoms with E-state index in [1.54, 1.807) is 0 Å². The van der Waals surface area contributed by atoms with Crippen LogP contribution in [0, 0.1) is 5.41 Å². The highest BCUT2D eigenvalue weighted by atomic mass is 35.5. The number of carbonyl (C=O) groups excluding carboxylic acids is 1. The molecule has 0 aliphatic rings. The summed E-state index contributed by atoms with van der Waals surface area (Å²) in [5.41, 5.74) is -0.0334. The molecule has 0 radical (unpaired) electrons. The van der Waals surface area contributed by atoms with Crippen LogP contribution >= 0.6 is 11.6 Å². The number of nitrogens with two attached hydrogens (primary N) is 1. The zero-order chi connectivity index (χ0) is 15.7. The van der Waals surface area contributed by atoms with Gasteiger partial charge in [0.05, 0.1) is 15.5 Å². The highest BCUT2D eigenvalue weighted by molar-refractivity contribution is 7.89. The molecule has 0 bridgehead atoms. The summed E-state index contributed by atoms with van der Waals surface area (Å²) in [4.78, 5) is 12.0. The quantitative estimate of drug-likeness (QED) is 0.894. The van der Waals surface area contributed by atoms with Crippen molar-refractivity contribution in [1.82, 2.24) is 5.32 Å². The van der Waals surface area contributed by atoms with Gasteiger partial charge in [-0.3, -0.25) is 4.79 Å². The van der Waals surface area contributed by atoms with Crippen LogP contribution in [0.15, 0.2) is 23.1 Å². The monoisotopic (exact) mass is 318 g/mol. The SMILES string of the molecule is CC(NC(=O)c1cc(S(N)(=O)=O)ccc1Cl)C(C)(C)C. The number of hydrogen-bond acceptors (Lipinski definition) is 3. The van der Waals surface area contributed by atoms with Crippen LogP contribution in [-0.2, 0) is 10.0 Å². The van der Waals surface area contributed by atoms with E-state index in [0.29, 0.717) is 0 Å². The Balaban J connectivity index is 3.11. The fraction of sp³-hybridized carbons (Fsp3) is 0.462. The number of halogens is 1. The normalized spacial score (nSPS) is 13.9. The Morgan fingerprint density at radius 3 is 2.35 bits per heavy atom. The second kappa shape index (κ2) is 5.71. The Morgan fingerprint density at radius 2 is 1.90 bits per heavy atom. The molecule has 0 heterocycles. The zero-order valence-corrected chi connectivity index (χ0v) is 13.5. The van der Waals surface area contributed by atoms with Gasteiger partial charge in [-0.2, -0.15) is 0 Å². The van der Waals surface area contributed by atoms with Gasteiger partial charge in [0.25, 0.3) is 5.91 Å². The third-order valence-corrected chi connectivity index (χ3v) is 4.40. The first-order valence-electron chi connectivity index (χ1n) is 6.06. The molecule has 0 aromatic heterocycles. The first-order valence-corrected chi connectivity index (χ1v) is 7.98. The minimum atomic E-state index is -3.87. The molecule has 0 fully saturated rings. The van der Waals surface area contributed by atoms with E-state index in [-0.39, 0.29) is 26.9 Å². The fourth-order valence-electron chi connectivity index (χ4n) is 1.35. The maximum absolute atomic E-state index is 12.2. The number of benzene rings is 1. The van der Waals surface area contributed by atoms with Crippen LogP contribution in [0.3, 0.4) is 0 Å². The van der Waals surface area contributed by atoms with E-state index in [9.17, 15) is 13.2 Å². The summed E-state index contributed by atoms with van der Waals surface area (Å²) >= 11 is 5.94. The summed E-state index contributed by atoms with van der Waals surface area (Å²) in [6.07, 6.45) is 0. The molecule has 112 valence electrons. The number of nitrogens with one attached hydrogen (secondary N) is 1. The fourth-order valence-corrected chi connectivity index (χ4v) is 2.09. The van der Waals surface area contributed by atoms with Gasteiger partial charge in [0.15, 0.2) is 0 Å². The number of sulfonamides is 1.